The van der Waals surface area contributed by atoms with Crippen LogP contribution >= 0.6 is 0 Å². The smallest absolute Gasteiger partial charge is 0.0431 e. The third kappa shape index (κ3) is 3.44. The van der Waals surface area contributed by atoms with Crippen LogP contribution < -0.4 is 5.73 Å². The Labute approximate surface area is 100 Å². The van der Waals surface area contributed by atoms with Gasteiger partial charge in [-0.3, -0.25) is 4.90 Å². The van der Waals surface area contributed by atoms with Crippen molar-refractivity contribution in [1.29, 1.82) is 0 Å². The summed E-state index contributed by atoms with van der Waals surface area (Å²) in [4.78, 5) is 2.56. The molecule has 0 amide bonds. The van der Waals surface area contributed by atoms with Crippen molar-refractivity contribution in [2.24, 2.45) is 5.73 Å². The number of likely N-dealkylation sites (N-methyl/N-ethyl adjacent to an activating group) is 1. The maximum atomic E-state index is 8.84. The molecule has 0 saturated heterocycles. The molecule has 16 heavy (non-hydrogen) atoms. The van der Waals surface area contributed by atoms with Gasteiger partial charge in [-0.05, 0) is 38.8 Å². The minimum atomic E-state index is 0.266. The summed E-state index contributed by atoms with van der Waals surface area (Å²) in [7, 11) is 0. The van der Waals surface area contributed by atoms with Crippen molar-refractivity contribution in [1.82, 2.24) is 4.90 Å². The van der Waals surface area contributed by atoms with Crippen LogP contribution in [0.5, 0.6) is 0 Å². The molecule has 3 nitrogen and oxygen atoms in total. The third-order valence-corrected chi connectivity index (χ3v) is 4.05. The Morgan fingerprint density at radius 2 is 1.88 bits per heavy atom. The van der Waals surface area contributed by atoms with Gasteiger partial charge in [-0.15, -0.1) is 0 Å². The SMILES string of the molecule is CCN(CCCCO)C1(CN)CCCCC1. The lowest BCUT2D eigenvalue weighted by atomic mass is 9.80. The monoisotopic (exact) mass is 228 g/mol. The molecule has 1 aliphatic carbocycles. The average Bonchev–Trinajstić information content (AvgIpc) is 2.35. The van der Waals surface area contributed by atoms with Gasteiger partial charge in [0.1, 0.15) is 0 Å². The van der Waals surface area contributed by atoms with Crippen LogP contribution in [-0.2, 0) is 0 Å². The van der Waals surface area contributed by atoms with Crippen molar-refractivity contribution in [2.45, 2.75) is 57.4 Å². The molecular weight excluding hydrogens is 200 g/mol. The summed E-state index contributed by atoms with van der Waals surface area (Å²) < 4.78 is 0. The molecule has 96 valence electrons. The van der Waals surface area contributed by atoms with Crippen LogP contribution in [-0.4, -0.2) is 41.8 Å². The summed E-state index contributed by atoms with van der Waals surface area (Å²) in [5, 5.41) is 8.84. The Bertz CT molecular complexity index is 179. The Kier molecular flexibility index (Phi) is 6.32. The maximum Gasteiger partial charge on any atom is 0.0431 e. The van der Waals surface area contributed by atoms with Crippen molar-refractivity contribution in [2.75, 3.05) is 26.2 Å². The van der Waals surface area contributed by atoms with Crippen molar-refractivity contribution in [3.63, 3.8) is 0 Å². The fourth-order valence-electron chi connectivity index (χ4n) is 3.00. The molecule has 0 radical (unpaired) electrons. The second-order valence-electron chi connectivity index (χ2n) is 5.00. The number of aliphatic hydroxyl groups is 1. The summed E-state index contributed by atoms with van der Waals surface area (Å²) in [6.45, 7) is 5.51. The number of hydrogen-bond acceptors (Lipinski definition) is 3. The van der Waals surface area contributed by atoms with Gasteiger partial charge in [0, 0.05) is 18.7 Å². The molecule has 0 atom stereocenters. The zero-order chi connectivity index (χ0) is 11.9. The highest BCUT2D eigenvalue weighted by Gasteiger charge is 2.35. The van der Waals surface area contributed by atoms with Crippen LogP contribution in [0.1, 0.15) is 51.9 Å². The van der Waals surface area contributed by atoms with Gasteiger partial charge in [0.2, 0.25) is 0 Å². The van der Waals surface area contributed by atoms with E-state index in [0.717, 1.165) is 32.5 Å². The quantitative estimate of drug-likeness (QED) is 0.653. The summed E-state index contributed by atoms with van der Waals surface area (Å²) in [6.07, 6.45) is 8.55. The topological polar surface area (TPSA) is 49.5 Å². The lowest BCUT2D eigenvalue weighted by Crippen LogP contribution is -2.55. The van der Waals surface area contributed by atoms with E-state index in [1.807, 2.05) is 0 Å². The first-order chi connectivity index (χ1) is 7.79. The van der Waals surface area contributed by atoms with Gasteiger partial charge >= 0.3 is 0 Å². The highest BCUT2D eigenvalue weighted by atomic mass is 16.2. The highest BCUT2D eigenvalue weighted by Crippen LogP contribution is 2.32. The summed E-state index contributed by atoms with van der Waals surface area (Å²) >= 11 is 0. The lowest BCUT2D eigenvalue weighted by Gasteiger charge is -2.45. The first-order valence-electron chi connectivity index (χ1n) is 6.85. The molecule has 0 aromatic heterocycles. The molecule has 1 fully saturated rings. The van der Waals surface area contributed by atoms with Gasteiger partial charge in [0.25, 0.3) is 0 Å². The number of nitrogens with zero attached hydrogens (tertiary/aromatic N) is 1. The number of nitrogens with two attached hydrogens (primary N) is 1. The van der Waals surface area contributed by atoms with Gasteiger partial charge < -0.3 is 10.8 Å². The number of rotatable bonds is 7. The summed E-state index contributed by atoms with van der Waals surface area (Å²) in [6, 6.07) is 0. The molecule has 0 spiro atoms. The largest absolute Gasteiger partial charge is 0.396 e. The van der Waals surface area contributed by atoms with E-state index in [-0.39, 0.29) is 5.54 Å². The minimum absolute atomic E-state index is 0.266. The zero-order valence-electron chi connectivity index (χ0n) is 10.7. The van der Waals surface area contributed by atoms with E-state index in [1.54, 1.807) is 0 Å². The molecule has 1 rings (SSSR count). The molecular formula is C13H28N2O. The van der Waals surface area contributed by atoms with Gasteiger partial charge in [-0.1, -0.05) is 26.2 Å². The predicted molar refractivity (Wildman–Crippen MR) is 68.4 cm³/mol. The second kappa shape index (κ2) is 7.25. The van der Waals surface area contributed by atoms with E-state index in [1.165, 1.54) is 32.1 Å². The van der Waals surface area contributed by atoms with Crippen LogP contribution in [0.15, 0.2) is 0 Å². The Morgan fingerprint density at radius 1 is 1.19 bits per heavy atom. The molecule has 3 heteroatoms. The lowest BCUT2D eigenvalue weighted by molar-refractivity contribution is 0.0589. The molecule has 0 aliphatic heterocycles. The molecule has 0 unspecified atom stereocenters. The molecule has 3 N–H and O–H groups in total. The van der Waals surface area contributed by atoms with Crippen molar-refractivity contribution in [3.8, 4) is 0 Å². The van der Waals surface area contributed by atoms with E-state index in [0.29, 0.717) is 6.61 Å². The fourth-order valence-corrected chi connectivity index (χ4v) is 3.00. The average molecular weight is 228 g/mol. The van der Waals surface area contributed by atoms with Gasteiger partial charge in [-0.2, -0.15) is 0 Å². The van der Waals surface area contributed by atoms with Gasteiger partial charge in [0.05, 0.1) is 0 Å². The van der Waals surface area contributed by atoms with Crippen LogP contribution in [0.3, 0.4) is 0 Å². The van der Waals surface area contributed by atoms with Crippen molar-refractivity contribution >= 4 is 0 Å². The fraction of sp³-hybridized carbons (Fsp3) is 1.00. The molecule has 1 saturated carbocycles. The Balaban J connectivity index is 2.51. The van der Waals surface area contributed by atoms with Crippen LogP contribution in [0.2, 0.25) is 0 Å². The summed E-state index contributed by atoms with van der Waals surface area (Å²) in [5.41, 5.74) is 6.29. The molecule has 0 aromatic carbocycles. The zero-order valence-corrected chi connectivity index (χ0v) is 10.7. The van der Waals surface area contributed by atoms with Gasteiger partial charge in [0.15, 0.2) is 0 Å². The van der Waals surface area contributed by atoms with Crippen LogP contribution in [0.4, 0.5) is 0 Å². The first-order valence-corrected chi connectivity index (χ1v) is 6.85. The molecule has 0 heterocycles. The van der Waals surface area contributed by atoms with E-state index >= 15 is 0 Å². The number of aliphatic hydroxyl groups excluding tert-OH is 1. The molecule has 0 aromatic rings. The van der Waals surface area contributed by atoms with E-state index in [4.69, 9.17) is 10.8 Å². The van der Waals surface area contributed by atoms with E-state index in [9.17, 15) is 0 Å². The van der Waals surface area contributed by atoms with Gasteiger partial charge in [-0.25, -0.2) is 0 Å². The first kappa shape index (κ1) is 13.9. The predicted octanol–water partition coefficient (Wildman–Crippen LogP) is 1.74. The second-order valence-corrected chi connectivity index (χ2v) is 5.00. The van der Waals surface area contributed by atoms with Crippen LogP contribution in [0.25, 0.3) is 0 Å². The van der Waals surface area contributed by atoms with Crippen LogP contribution in [0, 0.1) is 0 Å². The van der Waals surface area contributed by atoms with Crippen molar-refractivity contribution < 1.29 is 5.11 Å². The molecule has 0 bridgehead atoms. The normalized spacial score (nSPS) is 20.2. The Morgan fingerprint density at radius 3 is 2.38 bits per heavy atom. The third-order valence-electron chi connectivity index (χ3n) is 4.05. The summed E-state index contributed by atoms with van der Waals surface area (Å²) in [5.74, 6) is 0. The standard InChI is InChI=1S/C13H28N2O/c1-2-15(10-6-7-11-16)13(12-14)8-4-3-5-9-13/h16H,2-12,14H2,1H3. The van der Waals surface area contributed by atoms with E-state index < -0.39 is 0 Å². The Hall–Kier alpha value is -0.120. The maximum absolute atomic E-state index is 8.84. The number of unbranched alkanes of at least 4 members (excludes halogenated alkanes) is 1. The highest BCUT2D eigenvalue weighted by molar-refractivity contribution is 4.93. The number of hydrogen-bond donors (Lipinski definition) is 2. The van der Waals surface area contributed by atoms with E-state index in [2.05, 4.69) is 11.8 Å². The van der Waals surface area contributed by atoms with Crippen molar-refractivity contribution in [3.05, 3.63) is 0 Å². The molecule has 1 aliphatic rings. The minimum Gasteiger partial charge on any atom is -0.396 e.